The summed E-state index contributed by atoms with van der Waals surface area (Å²) in [6.45, 7) is 0.576. The van der Waals surface area contributed by atoms with Gasteiger partial charge in [0.05, 0.1) is 12.5 Å². The number of likely N-dealkylation sites (N-methyl/N-ethyl adjacent to an activating group) is 1. The van der Waals surface area contributed by atoms with E-state index in [1.807, 2.05) is 49.5 Å². The van der Waals surface area contributed by atoms with Gasteiger partial charge in [-0.1, -0.05) is 25.3 Å². The van der Waals surface area contributed by atoms with Gasteiger partial charge in [0.2, 0.25) is 11.8 Å². The van der Waals surface area contributed by atoms with Crippen molar-refractivity contribution in [2.45, 2.75) is 44.6 Å². The van der Waals surface area contributed by atoms with Crippen LogP contribution in [-0.2, 0) is 16.0 Å². The van der Waals surface area contributed by atoms with Crippen molar-refractivity contribution in [1.29, 1.82) is 0 Å². The number of methoxy groups -OCH3 is 1. The Morgan fingerprint density at radius 3 is 2.53 bits per heavy atom. The molecule has 1 saturated carbocycles. The lowest BCUT2D eigenvalue weighted by molar-refractivity contribution is -0.154. The van der Waals surface area contributed by atoms with Crippen molar-refractivity contribution in [3.63, 3.8) is 0 Å². The summed E-state index contributed by atoms with van der Waals surface area (Å²) in [5.41, 5.74) is 1.17. The van der Waals surface area contributed by atoms with Crippen LogP contribution in [0.15, 0.2) is 48.7 Å². The quantitative estimate of drug-likeness (QED) is 0.688. The Morgan fingerprint density at radius 2 is 1.90 bits per heavy atom. The summed E-state index contributed by atoms with van der Waals surface area (Å²) in [7, 11) is 3.44. The molecule has 2 aliphatic rings. The molecule has 0 bridgehead atoms. The van der Waals surface area contributed by atoms with E-state index in [1.165, 1.54) is 0 Å². The van der Waals surface area contributed by atoms with Crippen molar-refractivity contribution in [1.82, 2.24) is 9.88 Å². The molecule has 0 radical (unpaired) electrons. The number of ether oxygens (including phenoxy) is 1. The summed E-state index contributed by atoms with van der Waals surface area (Å²) in [4.78, 5) is 34.7. The average Bonchev–Trinajstić information content (AvgIpc) is 2.81. The third kappa shape index (κ3) is 3.55. The number of hydrogen-bond acceptors (Lipinski definition) is 4. The summed E-state index contributed by atoms with van der Waals surface area (Å²) >= 11 is 0. The van der Waals surface area contributed by atoms with Crippen LogP contribution in [0.2, 0.25) is 0 Å². The highest BCUT2D eigenvalue weighted by molar-refractivity contribution is 6.14. The van der Waals surface area contributed by atoms with Gasteiger partial charge in [-0.2, -0.15) is 0 Å². The van der Waals surface area contributed by atoms with E-state index in [9.17, 15) is 9.59 Å². The Bertz CT molecular complexity index is 892. The smallest absolute Gasteiger partial charge is 0.246 e. The molecule has 6 nitrogen and oxygen atoms in total. The molecule has 0 N–H and O–H groups in total. The van der Waals surface area contributed by atoms with Gasteiger partial charge in [0, 0.05) is 37.6 Å². The van der Waals surface area contributed by atoms with Crippen LogP contribution >= 0.6 is 0 Å². The van der Waals surface area contributed by atoms with E-state index in [1.54, 1.807) is 23.1 Å². The van der Waals surface area contributed by atoms with Crippen LogP contribution < -0.4 is 9.64 Å². The molecule has 1 atom stereocenters. The van der Waals surface area contributed by atoms with Crippen LogP contribution in [0.5, 0.6) is 5.75 Å². The second-order valence-electron chi connectivity index (χ2n) is 8.32. The lowest BCUT2D eigenvalue weighted by Crippen LogP contribution is -2.74. The van der Waals surface area contributed by atoms with Gasteiger partial charge in [-0.3, -0.25) is 19.5 Å². The Balaban J connectivity index is 1.56. The zero-order valence-corrected chi connectivity index (χ0v) is 17.7. The molecule has 30 heavy (non-hydrogen) atoms. The molecule has 2 aromatic rings. The predicted octanol–water partition coefficient (Wildman–Crippen LogP) is 3.46. The molecule has 1 unspecified atom stereocenters. The standard InChI is InChI=1S/C24H29N3O3/c1-26(17-13-18-8-4-7-16-25-18)22(28)21-24(14-5-3-6-15-24)23(29)27(21)19-9-11-20(30-2)12-10-19/h4,7-12,16,21H,3,5-6,13-15,17H2,1-2H3. The van der Waals surface area contributed by atoms with E-state index < -0.39 is 11.5 Å². The van der Waals surface area contributed by atoms with E-state index in [2.05, 4.69) is 4.98 Å². The Kier molecular flexibility index (Phi) is 5.75. The third-order valence-electron chi connectivity index (χ3n) is 6.56. The van der Waals surface area contributed by atoms with Gasteiger partial charge in [-0.05, 0) is 49.2 Å². The third-order valence-corrected chi connectivity index (χ3v) is 6.56. The van der Waals surface area contributed by atoms with Crippen LogP contribution in [0.25, 0.3) is 0 Å². The van der Waals surface area contributed by atoms with Gasteiger partial charge in [0.1, 0.15) is 11.8 Å². The molecule has 2 amide bonds. The highest BCUT2D eigenvalue weighted by Crippen LogP contribution is 2.52. The lowest BCUT2D eigenvalue weighted by atomic mass is 9.61. The first-order valence-electron chi connectivity index (χ1n) is 10.7. The van der Waals surface area contributed by atoms with Gasteiger partial charge in [-0.15, -0.1) is 0 Å². The van der Waals surface area contributed by atoms with Crippen LogP contribution in [0.4, 0.5) is 5.69 Å². The zero-order valence-electron chi connectivity index (χ0n) is 17.7. The first kappa shape index (κ1) is 20.4. The monoisotopic (exact) mass is 407 g/mol. The minimum absolute atomic E-state index is 0.0169. The number of rotatable bonds is 6. The van der Waals surface area contributed by atoms with E-state index in [0.29, 0.717) is 13.0 Å². The molecule has 1 aromatic heterocycles. The fourth-order valence-corrected chi connectivity index (χ4v) is 4.83. The number of β-lactam (4-membered cyclic amide) rings is 1. The van der Waals surface area contributed by atoms with Gasteiger partial charge in [0.25, 0.3) is 0 Å². The lowest BCUT2D eigenvalue weighted by Gasteiger charge is -2.57. The molecule has 1 spiro atoms. The first-order valence-corrected chi connectivity index (χ1v) is 10.7. The van der Waals surface area contributed by atoms with Crippen LogP contribution in [0.3, 0.4) is 0 Å². The molecule has 1 aliphatic carbocycles. The van der Waals surface area contributed by atoms with Gasteiger partial charge < -0.3 is 9.64 Å². The predicted molar refractivity (Wildman–Crippen MR) is 115 cm³/mol. The van der Waals surface area contributed by atoms with Crippen molar-refractivity contribution < 1.29 is 14.3 Å². The minimum Gasteiger partial charge on any atom is -0.497 e. The van der Waals surface area contributed by atoms with Crippen LogP contribution in [0, 0.1) is 5.41 Å². The van der Waals surface area contributed by atoms with Crippen molar-refractivity contribution in [2.75, 3.05) is 25.6 Å². The Labute approximate surface area is 177 Å². The number of benzene rings is 1. The summed E-state index contributed by atoms with van der Waals surface area (Å²) in [6.07, 6.45) is 7.19. The van der Waals surface area contributed by atoms with E-state index in [-0.39, 0.29) is 11.8 Å². The maximum absolute atomic E-state index is 13.6. The average molecular weight is 408 g/mol. The number of hydrogen-bond donors (Lipinski definition) is 0. The Morgan fingerprint density at radius 1 is 1.17 bits per heavy atom. The number of anilines is 1. The largest absolute Gasteiger partial charge is 0.497 e. The fourth-order valence-electron chi connectivity index (χ4n) is 4.83. The zero-order chi connectivity index (χ0) is 21.1. The molecular weight excluding hydrogens is 378 g/mol. The molecule has 1 saturated heterocycles. The molecule has 6 heteroatoms. The summed E-state index contributed by atoms with van der Waals surface area (Å²) in [5.74, 6) is 0.835. The number of nitrogens with zero attached hydrogens (tertiary/aromatic N) is 3. The summed E-state index contributed by atoms with van der Waals surface area (Å²) < 4.78 is 5.24. The molecule has 1 aromatic carbocycles. The van der Waals surface area contributed by atoms with E-state index in [0.717, 1.165) is 49.2 Å². The number of carbonyl (C=O) groups excluding carboxylic acids is 2. The molecule has 4 rings (SSSR count). The second kappa shape index (κ2) is 8.46. The maximum Gasteiger partial charge on any atom is 0.246 e. The first-order chi connectivity index (χ1) is 14.6. The Hall–Kier alpha value is -2.89. The number of amides is 2. The van der Waals surface area contributed by atoms with E-state index in [4.69, 9.17) is 4.74 Å². The normalized spacial score (nSPS) is 20.0. The van der Waals surface area contributed by atoms with Crippen molar-refractivity contribution in [3.8, 4) is 5.75 Å². The van der Waals surface area contributed by atoms with Crippen LogP contribution in [0.1, 0.15) is 37.8 Å². The highest BCUT2D eigenvalue weighted by atomic mass is 16.5. The topological polar surface area (TPSA) is 62.7 Å². The maximum atomic E-state index is 13.6. The van der Waals surface area contributed by atoms with Crippen LogP contribution in [-0.4, -0.2) is 48.4 Å². The number of carbonyl (C=O) groups is 2. The van der Waals surface area contributed by atoms with Gasteiger partial charge >= 0.3 is 0 Å². The SMILES string of the molecule is COc1ccc(N2C(=O)C3(CCCCC3)C2C(=O)N(C)CCc2ccccn2)cc1. The van der Waals surface area contributed by atoms with Gasteiger partial charge in [-0.25, -0.2) is 0 Å². The number of aromatic nitrogens is 1. The summed E-state index contributed by atoms with van der Waals surface area (Å²) in [5, 5.41) is 0. The second-order valence-corrected chi connectivity index (χ2v) is 8.32. The highest BCUT2D eigenvalue weighted by Gasteiger charge is 2.64. The molecular formula is C24H29N3O3. The molecule has 1 aliphatic heterocycles. The van der Waals surface area contributed by atoms with E-state index >= 15 is 0 Å². The van der Waals surface area contributed by atoms with Gasteiger partial charge in [0.15, 0.2) is 0 Å². The van der Waals surface area contributed by atoms with Crippen molar-refractivity contribution in [3.05, 3.63) is 54.4 Å². The minimum atomic E-state index is -0.547. The molecule has 158 valence electrons. The van der Waals surface area contributed by atoms with Crippen molar-refractivity contribution in [2.24, 2.45) is 5.41 Å². The molecule has 2 fully saturated rings. The van der Waals surface area contributed by atoms with Crippen molar-refractivity contribution >= 4 is 17.5 Å². The fraction of sp³-hybridized carbons (Fsp3) is 0.458. The summed E-state index contributed by atoms with van der Waals surface area (Å²) in [6, 6.07) is 12.8. The number of pyridine rings is 1. The molecule has 2 heterocycles.